The van der Waals surface area contributed by atoms with Gasteiger partial charge in [-0.2, -0.15) is 0 Å². The minimum absolute atomic E-state index is 0.323. The molecule has 2 nitrogen and oxygen atoms in total. The maximum absolute atomic E-state index is 4.57. The van der Waals surface area contributed by atoms with Gasteiger partial charge in [0, 0.05) is 22.5 Å². The summed E-state index contributed by atoms with van der Waals surface area (Å²) in [5, 5.41) is 10.2. The number of aryl methyl sites for hydroxylation is 1. The predicted octanol–water partition coefficient (Wildman–Crippen LogP) is 4.17. The highest BCUT2D eigenvalue weighted by Crippen LogP contribution is 2.30. The van der Waals surface area contributed by atoms with Crippen molar-refractivity contribution in [2.75, 3.05) is 7.05 Å². The summed E-state index contributed by atoms with van der Waals surface area (Å²) in [5.41, 5.74) is 2.55. The first-order valence-electron chi connectivity index (χ1n) is 6.32. The van der Waals surface area contributed by atoms with Crippen molar-refractivity contribution in [3.63, 3.8) is 0 Å². The topological polar surface area (TPSA) is 24.9 Å². The summed E-state index contributed by atoms with van der Waals surface area (Å²) in [7, 11) is 2.02. The summed E-state index contributed by atoms with van der Waals surface area (Å²) in [6.45, 7) is 2.06. The van der Waals surface area contributed by atoms with E-state index in [1.54, 1.807) is 11.3 Å². The van der Waals surface area contributed by atoms with Crippen LogP contribution in [0.25, 0.3) is 10.1 Å². The van der Waals surface area contributed by atoms with Gasteiger partial charge in [-0.15, -0.1) is 22.7 Å². The monoisotopic (exact) mass is 288 g/mol. The number of nitrogens with zero attached hydrogens (tertiary/aromatic N) is 1. The van der Waals surface area contributed by atoms with Crippen molar-refractivity contribution in [3.05, 3.63) is 51.3 Å². The molecular formula is C15H16N2S2. The Labute approximate surface area is 121 Å². The Morgan fingerprint density at radius 1 is 1.26 bits per heavy atom. The van der Waals surface area contributed by atoms with Crippen LogP contribution in [0, 0.1) is 6.92 Å². The molecule has 0 amide bonds. The highest BCUT2D eigenvalue weighted by Gasteiger charge is 2.15. The van der Waals surface area contributed by atoms with Gasteiger partial charge in [-0.1, -0.05) is 18.2 Å². The number of likely N-dealkylation sites (N-methyl/N-ethyl adjacent to an activating group) is 1. The zero-order valence-corrected chi connectivity index (χ0v) is 12.6. The third-order valence-electron chi connectivity index (χ3n) is 3.31. The van der Waals surface area contributed by atoms with Crippen LogP contribution in [-0.2, 0) is 6.42 Å². The quantitative estimate of drug-likeness (QED) is 0.779. The van der Waals surface area contributed by atoms with Gasteiger partial charge in [0.05, 0.1) is 10.7 Å². The number of hydrogen-bond acceptors (Lipinski definition) is 4. The van der Waals surface area contributed by atoms with Crippen molar-refractivity contribution in [1.82, 2.24) is 10.3 Å². The molecule has 0 radical (unpaired) electrons. The van der Waals surface area contributed by atoms with Gasteiger partial charge in [0.25, 0.3) is 0 Å². The summed E-state index contributed by atoms with van der Waals surface area (Å²) >= 11 is 3.54. The zero-order valence-electron chi connectivity index (χ0n) is 11.0. The Kier molecular flexibility index (Phi) is 3.64. The van der Waals surface area contributed by atoms with Crippen LogP contribution in [0.5, 0.6) is 0 Å². The SMILES string of the molecule is CNC(Cc1csc(C)n1)c1cccc2ccsc12. The van der Waals surface area contributed by atoms with Gasteiger partial charge < -0.3 is 5.32 Å². The molecule has 0 fully saturated rings. The largest absolute Gasteiger partial charge is 0.313 e. The second-order valence-electron chi connectivity index (χ2n) is 4.59. The fourth-order valence-corrected chi connectivity index (χ4v) is 3.96. The molecule has 1 aromatic carbocycles. The minimum atomic E-state index is 0.323. The number of thiophene rings is 1. The Bertz CT molecular complexity index is 684. The van der Waals surface area contributed by atoms with Crippen LogP contribution >= 0.6 is 22.7 Å². The van der Waals surface area contributed by atoms with Crippen molar-refractivity contribution < 1.29 is 0 Å². The average molecular weight is 288 g/mol. The van der Waals surface area contributed by atoms with Crippen molar-refractivity contribution >= 4 is 32.8 Å². The maximum Gasteiger partial charge on any atom is 0.0897 e. The molecule has 1 atom stereocenters. The number of aromatic nitrogens is 1. The Morgan fingerprint density at radius 2 is 2.16 bits per heavy atom. The number of nitrogens with one attached hydrogen (secondary N) is 1. The second kappa shape index (κ2) is 5.41. The van der Waals surface area contributed by atoms with Crippen molar-refractivity contribution in [3.8, 4) is 0 Å². The van der Waals surface area contributed by atoms with E-state index in [0.29, 0.717) is 6.04 Å². The molecule has 0 saturated heterocycles. The first-order chi connectivity index (χ1) is 9.28. The van der Waals surface area contributed by atoms with Crippen molar-refractivity contribution in [2.45, 2.75) is 19.4 Å². The van der Waals surface area contributed by atoms with E-state index in [9.17, 15) is 0 Å². The second-order valence-corrected chi connectivity index (χ2v) is 6.57. The molecule has 0 aliphatic carbocycles. The van der Waals surface area contributed by atoms with E-state index in [1.165, 1.54) is 21.3 Å². The van der Waals surface area contributed by atoms with Gasteiger partial charge in [0.1, 0.15) is 0 Å². The number of fused-ring (bicyclic) bond motifs is 1. The number of thiazole rings is 1. The molecule has 0 saturated carbocycles. The van der Waals surface area contributed by atoms with Crippen LogP contribution < -0.4 is 5.32 Å². The lowest BCUT2D eigenvalue weighted by Crippen LogP contribution is -2.19. The molecule has 3 rings (SSSR count). The first-order valence-corrected chi connectivity index (χ1v) is 8.08. The van der Waals surface area contributed by atoms with Gasteiger partial charge in [-0.25, -0.2) is 4.98 Å². The lowest BCUT2D eigenvalue weighted by Gasteiger charge is -2.16. The summed E-state index contributed by atoms with van der Waals surface area (Å²) in [6.07, 6.45) is 0.942. The molecule has 1 unspecified atom stereocenters. The fraction of sp³-hybridized carbons (Fsp3) is 0.267. The van der Waals surface area contributed by atoms with Crippen LogP contribution in [0.15, 0.2) is 35.0 Å². The molecule has 19 heavy (non-hydrogen) atoms. The Hall–Kier alpha value is -1.23. The number of benzene rings is 1. The maximum atomic E-state index is 4.57. The normalized spacial score (nSPS) is 12.9. The molecule has 0 bridgehead atoms. The van der Waals surface area contributed by atoms with E-state index >= 15 is 0 Å². The third-order valence-corrected chi connectivity index (χ3v) is 5.11. The lowest BCUT2D eigenvalue weighted by molar-refractivity contribution is 0.590. The van der Waals surface area contributed by atoms with Crippen LogP contribution in [0.4, 0.5) is 0 Å². The van der Waals surface area contributed by atoms with E-state index in [2.05, 4.69) is 52.3 Å². The molecule has 0 aliphatic rings. The minimum Gasteiger partial charge on any atom is -0.313 e. The third kappa shape index (κ3) is 2.56. The average Bonchev–Trinajstić information content (AvgIpc) is 3.04. The Morgan fingerprint density at radius 3 is 2.89 bits per heavy atom. The smallest absolute Gasteiger partial charge is 0.0897 e. The Balaban J connectivity index is 1.95. The van der Waals surface area contributed by atoms with Crippen molar-refractivity contribution in [1.29, 1.82) is 0 Å². The number of rotatable bonds is 4. The molecule has 0 spiro atoms. The van der Waals surface area contributed by atoms with E-state index in [4.69, 9.17) is 0 Å². The summed E-state index contributed by atoms with van der Waals surface area (Å²) in [5.74, 6) is 0. The molecule has 4 heteroatoms. The molecular weight excluding hydrogens is 272 g/mol. The van der Waals surface area contributed by atoms with E-state index in [0.717, 1.165) is 11.4 Å². The van der Waals surface area contributed by atoms with Gasteiger partial charge in [-0.05, 0) is 36.4 Å². The molecule has 0 aliphatic heterocycles. The highest BCUT2D eigenvalue weighted by atomic mass is 32.1. The summed E-state index contributed by atoms with van der Waals surface area (Å²) < 4.78 is 1.38. The molecule has 2 heterocycles. The van der Waals surface area contributed by atoms with E-state index < -0.39 is 0 Å². The van der Waals surface area contributed by atoms with Crippen LogP contribution in [0.2, 0.25) is 0 Å². The van der Waals surface area contributed by atoms with E-state index in [-0.39, 0.29) is 0 Å². The van der Waals surface area contributed by atoms with Crippen LogP contribution in [0.1, 0.15) is 22.3 Å². The lowest BCUT2D eigenvalue weighted by atomic mass is 10.0. The van der Waals surface area contributed by atoms with Gasteiger partial charge in [-0.3, -0.25) is 0 Å². The van der Waals surface area contributed by atoms with Crippen molar-refractivity contribution in [2.24, 2.45) is 0 Å². The molecule has 3 aromatic rings. The molecule has 98 valence electrons. The first kappa shape index (κ1) is 12.8. The van der Waals surface area contributed by atoms with E-state index in [1.807, 2.05) is 18.4 Å². The van der Waals surface area contributed by atoms with Gasteiger partial charge in [0.15, 0.2) is 0 Å². The number of hydrogen-bond donors (Lipinski definition) is 1. The standard InChI is InChI=1S/C15H16N2S2/c1-10-17-12(9-19-10)8-14(16-2)13-5-3-4-11-6-7-18-15(11)13/h3-7,9,14,16H,8H2,1-2H3. The molecule has 1 N–H and O–H groups in total. The molecule has 2 aromatic heterocycles. The van der Waals surface area contributed by atoms with Gasteiger partial charge in [0.2, 0.25) is 0 Å². The zero-order chi connectivity index (χ0) is 13.2. The summed E-state index contributed by atoms with van der Waals surface area (Å²) in [4.78, 5) is 4.57. The predicted molar refractivity (Wildman–Crippen MR) is 84.2 cm³/mol. The van der Waals surface area contributed by atoms with Gasteiger partial charge >= 0.3 is 0 Å². The fourth-order valence-electron chi connectivity index (χ4n) is 2.37. The van der Waals surface area contributed by atoms with Crippen LogP contribution in [0.3, 0.4) is 0 Å². The highest BCUT2D eigenvalue weighted by molar-refractivity contribution is 7.17. The summed E-state index contributed by atoms with van der Waals surface area (Å²) in [6, 6.07) is 9.04. The van der Waals surface area contributed by atoms with Crippen LogP contribution in [-0.4, -0.2) is 12.0 Å².